The molecule has 0 bridgehead atoms. The fourth-order valence-corrected chi connectivity index (χ4v) is 4.58. The number of rotatable bonds is 27. The van der Waals surface area contributed by atoms with E-state index in [9.17, 15) is 9.59 Å². The number of unbranched alkanes of at least 4 members (excludes halogenated alkanes) is 15. The van der Waals surface area contributed by atoms with Gasteiger partial charge >= 0.3 is 5.97 Å². The third kappa shape index (κ3) is 20.9. The fourth-order valence-electron chi connectivity index (χ4n) is 4.58. The van der Waals surface area contributed by atoms with Crippen LogP contribution in [0.5, 0.6) is 0 Å². The van der Waals surface area contributed by atoms with Gasteiger partial charge in [0.05, 0.1) is 6.61 Å². The Bertz CT molecular complexity index is 665. The predicted octanol–water partition coefficient (Wildman–Crippen LogP) is 7.40. The van der Waals surface area contributed by atoms with Gasteiger partial charge in [0.1, 0.15) is 6.29 Å². The van der Waals surface area contributed by atoms with Crippen molar-refractivity contribution >= 4 is 12.3 Å². The molecule has 0 aliphatic carbocycles. The first kappa shape index (κ1) is 33.3. The van der Waals surface area contributed by atoms with Gasteiger partial charge in [-0.25, -0.2) is 0 Å². The summed E-state index contributed by atoms with van der Waals surface area (Å²) in [6, 6.07) is 0. The molecule has 0 saturated carbocycles. The zero-order chi connectivity index (χ0) is 26.8. The molecule has 0 N–H and O–H groups in total. The van der Waals surface area contributed by atoms with Crippen LogP contribution in [0.15, 0.2) is 4.52 Å². The number of ether oxygens (including phenoxy) is 1. The van der Waals surface area contributed by atoms with Crippen molar-refractivity contribution in [3.8, 4) is 0 Å². The number of aryl methyl sites for hydroxylation is 1. The van der Waals surface area contributed by atoms with Gasteiger partial charge < -0.3 is 19.0 Å². The maximum absolute atomic E-state index is 11.9. The molecule has 214 valence electrons. The van der Waals surface area contributed by atoms with Crippen LogP contribution in [0.4, 0.5) is 0 Å². The van der Waals surface area contributed by atoms with E-state index in [0.29, 0.717) is 25.3 Å². The number of carbonyl (C=O) groups excluding carboxylic acids is 2. The molecule has 1 heterocycles. The van der Waals surface area contributed by atoms with Crippen LogP contribution in [0.2, 0.25) is 0 Å². The fraction of sp³-hybridized carbons (Fsp3) is 0.867. The Morgan fingerprint density at radius 2 is 1.41 bits per heavy atom. The molecule has 7 heteroatoms. The summed E-state index contributed by atoms with van der Waals surface area (Å²) in [6.45, 7) is 7.79. The van der Waals surface area contributed by atoms with E-state index in [1.54, 1.807) is 0 Å². The molecule has 37 heavy (non-hydrogen) atoms. The average molecular weight is 522 g/mol. The van der Waals surface area contributed by atoms with Crippen LogP contribution in [0.3, 0.4) is 0 Å². The molecule has 7 nitrogen and oxygen atoms in total. The lowest BCUT2D eigenvalue weighted by Crippen LogP contribution is -2.28. The Morgan fingerprint density at radius 3 is 2.03 bits per heavy atom. The maximum Gasteiger partial charge on any atom is 0.305 e. The summed E-state index contributed by atoms with van der Waals surface area (Å²) in [4.78, 5) is 29.2. The standard InChI is InChI=1S/C30H55N3O4/c1-3-4-5-6-9-15-20-27-36-30(35)21-16-11-10-13-18-24-33(23-17-12-7-8-14-19-26-34)25-22-29-31-28(2)32-37-29/h26H,3-25,27H2,1-2H3. The number of esters is 1. The summed E-state index contributed by atoms with van der Waals surface area (Å²) in [5, 5.41) is 3.90. The smallest absolute Gasteiger partial charge is 0.305 e. The predicted molar refractivity (Wildman–Crippen MR) is 150 cm³/mol. The Labute approximate surface area is 226 Å². The minimum absolute atomic E-state index is 0.0282. The summed E-state index contributed by atoms with van der Waals surface area (Å²) < 4.78 is 10.7. The van der Waals surface area contributed by atoms with E-state index in [0.717, 1.165) is 70.3 Å². The summed E-state index contributed by atoms with van der Waals surface area (Å²) in [5.41, 5.74) is 0. The van der Waals surface area contributed by atoms with Crippen LogP contribution in [0, 0.1) is 6.92 Å². The Balaban J connectivity index is 2.08. The molecule has 0 aromatic carbocycles. The highest BCUT2D eigenvalue weighted by molar-refractivity contribution is 5.69. The monoisotopic (exact) mass is 521 g/mol. The average Bonchev–Trinajstić information content (AvgIpc) is 3.32. The largest absolute Gasteiger partial charge is 0.466 e. The van der Waals surface area contributed by atoms with Crippen molar-refractivity contribution in [1.82, 2.24) is 15.0 Å². The molecule has 0 aliphatic heterocycles. The Morgan fingerprint density at radius 1 is 0.811 bits per heavy atom. The van der Waals surface area contributed by atoms with Crippen molar-refractivity contribution in [2.45, 2.75) is 142 Å². The van der Waals surface area contributed by atoms with Crippen molar-refractivity contribution in [2.75, 3.05) is 26.2 Å². The van der Waals surface area contributed by atoms with Crippen LogP contribution >= 0.6 is 0 Å². The molecule has 0 unspecified atom stereocenters. The van der Waals surface area contributed by atoms with E-state index >= 15 is 0 Å². The van der Waals surface area contributed by atoms with Crippen molar-refractivity contribution in [3.05, 3.63) is 11.7 Å². The molecule has 1 rings (SSSR count). The number of aromatic nitrogens is 2. The van der Waals surface area contributed by atoms with Gasteiger partial charge in [0.15, 0.2) is 5.82 Å². The third-order valence-electron chi connectivity index (χ3n) is 6.87. The lowest BCUT2D eigenvalue weighted by Gasteiger charge is -2.21. The van der Waals surface area contributed by atoms with E-state index in [1.165, 1.54) is 77.0 Å². The zero-order valence-electron chi connectivity index (χ0n) is 24.0. The number of hydrogen-bond acceptors (Lipinski definition) is 7. The number of aldehydes is 1. The molecule has 0 spiro atoms. The molecule has 0 saturated heterocycles. The van der Waals surface area contributed by atoms with Crippen LogP contribution in [0.1, 0.15) is 141 Å². The van der Waals surface area contributed by atoms with E-state index in [2.05, 4.69) is 22.0 Å². The Kier molecular flexibility index (Phi) is 22.1. The van der Waals surface area contributed by atoms with Gasteiger partial charge in [0.25, 0.3) is 0 Å². The maximum atomic E-state index is 11.9. The quantitative estimate of drug-likeness (QED) is 0.0677. The van der Waals surface area contributed by atoms with Crippen LogP contribution in [-0.2, 0) is 20.7 Å². The molecule has 0 aliphatic rings. The topological polar surface area (TPSA) is 85.5 Å². The van der Waals surface area contributed by atoms with Crippen LogP contribution in [0.25, 0.3) is 0 Å². The molecule has 0 fully saturated rings. The third-order valence-corrected chi connectivity index (χ3v) is 6.87. The molecule has 0 atom stereocenters. The molecular formula is C30H55N3O4. The summed E-state index contributed by atoms with van der Waals surface area (Å²) in [5.74, 6) is 1.38. The number of hydrogen-bond donors (Lipinski definition) is 0. The molecular weight excluding hydrogens is 466 g/mol. The highest BCUT2D eigenvalue weighted by Gasteiger charge is 2.09. The molecule has 0 amide bonds. The Hall–Kier alpha value is -1.76. The first-order valence-corrected chi connectivity index (χ1v) is 15.3. The van der Waals surface area contributed by atoms with Gasteiger partial charge in [-0.1, -0.05) is 89.1 Å². The van der Waals surface area contributed by atoms with E-state index in [4.69, 9.17) is 9.26 Å². The minimum Gasteiger partial charge on any atom is -0.466 e. The first-order chi connectivity index (χ1) is 18.2. The van der Waals surface area contributed by atoms with E-state index < -0.39 is 0 Å². The highest BCUT2D eigenvalue weighted by atomic mass is 16.5. The number of carbonyl (C=O) groups is 2. The van der Waals surface area contributed by atoms with Crippen LogP contribution < -0.4 is 0 Å². The zero-order valence-corrected chi connectivity index (χ0v) is 24.0. The summed E-state index contributed by atoms with van der Waals surface area (Å²) in [7, 11) is 0. The van der Waals surface area contributed by atoms with Gasteiger partial charge in [-0.3, -0.25) is 4.79 Å². The second-order valence-electron chi connectivity index (χ2n) is 10.4. The SMILES string of the molecule is CCCCCCCCCOC(=O)CCCCCCCN(CCCCCCCC=O)CCc1nc(C)no1. The van der Waals surface area contributed by atoms with Gasteiger partial charge in [-0.05, 0) is 52.1 Å². The van der Waals surface area contributed by atoms with Gasteiger partial charge in [-0.2, -0.15) is 4.98 Å². The van der Waals surface area contributed by atoms with E-state index in [1.807, 2.05) is 6.92 Å². The van der Waals surface area contributed by atoms with Gasteiger partial charge in [0, 0.05) is 25.8 Å². The number of nitrogens with zero attached hydrogens (tertiary/aromatic N) is 3. The minimum atomic E-state index is -0.0282. The van der Waals surface area contributed by atoms with Gasteiger partial charge in [0.2, 0.25) is 5.89 Å². The highest BCUT2D eigenvalue weighted by Crippen LogP contribution is 2.11. The summed E-state index contributed by atoms with van der Waals surface area (Å²) >= 11 is 0. The molecule has 0 radical (unpaired) electrons. The van der Waals surface area contributed by atoms with Crippen molar-refractivity contribution in [2.24, 2.45) is 0 Å². The normalized spacial score (nSPS) is 11.3. The van der Waals surface area contributed by atoms with Crippen molar-refractivity contribution in [1.29, 1.82) is 0 Å². The second kappa shape index (κ2) is 24.6. The summed E-state index contributed by atoms with van der Waals surface area (Å²) in [6.07, 6.45) is 23.0. The van der Waals surface area contributed by atoms with Crippen molar-refractivity contribution < 1.29 is 18.8 Å². The second-order valence-corrected chi connectivity index (χ2v) is 10.4. The first-order valence-electron chi connectivity index (χ1n) is 15.3. The van der Waals surface area contributed by atoms with Crippen LogP contribution in [-0.4, -0.2) is 53.5 Å². The lowest BCUT2D eigenvalue weighted by atomic mass is 10.1. The van der Waals surface area contributed by atoms with E-state index in [-0.39, 0.29) is 5.97 Å². The van der Waals surface area contributed by atoms with Gasteiger partial charge in [-0.15, -0.1) is 0 Å². The van der Waals surface area contributed by atoms with Crippen molar-refractivity contribution in [3.63, 3.8) is 0 Å². The molecule has 1 aromatic heterocycles. The molecule has 1 aromatic rings. The lowest BCUT2D eigenvalue weighted by molar-refractivity contribution is -0.143.